The highest BCUT2D eigenvalue weighted by atomic mass is 32.2. The van der Waals surface area contributed by atoms with Gasteiger partial charge in [-0.3, -0.25) is 34.7 Å². The second-order valence-electron chi connectivity index (χ2n) is 7.29. The molecule has 1 aliphatic rings. The van der Waals surface area contributed by atoms with Crippen molar-refractivity contribution in [2.75, 3.05) is 7.11 Å². The lowest BCUT2D eigenvalue weighted by molar-refractivity contribution is -0.386. The van der Waals surface area contributed by atoms with E-state index in [4.69, 9.17) is 9.47 Å². The molecule has 2 aromatic carbocycles. The van der Waals surface area contributed by atoms with E-state index in [1.54, 1.807) is 12.1 Å². The number of nitrogens with zero attached hydrogens (tertiary/aromatic N) is 4. The van der Waals surface area contributed by atoms with Gasteiger partial charge in [0, 0.05) is 24.4 Å². The largest absolute Gasteiger partial charge is 0.493 e. The minimum Gasteiger partial charge on any atom is -0.493 e. The van der Waals surface area contributed by atoms with Gasteiger partial charge in [0.1, 0.15) is 0 Å². The Morgan fingerprint density at radius 1 is 1.03 bits per heavy atom. The molecule has 0 saturated carbocycles. The monoisotopic (exact) mass is 508 g/mol. The van der Waals surface area contributed by atoms with Gasteiger partial charge in [-0.15, -0.1) is 0 Å². The van der Waals surface area contributed by atoms with Crippen LogP contribution in [-0.2, 0) is 11.3 Å². The van der Waals surface area contributed by atoms with Crippen molar-refractivity contribution in [3.8, 4) is 17.4 Å². The first-order valence-electron chi connectivity index (χ1n) is 10.2. The number of hydrogen-bond donors (Lipinski definition) is 0. The van der Waals surface area contributed by atoms with Crippen LogP contribution in [0.2, 0.25) is 0 Å². The smallest absolute Gasteiger partial charge is 0.331 e. The lowest BCUT2D eigenvalue weighted by Gasteiger charge is -2.12. The molecule has 0 unspecified atom stereocenters. The average molecular weight is 508 g/mol. The summed E-state index contributed by atoms with van der Waals surface area (Å²) in [5.74, 6) is -0.316. The number of ether oxygens (including phenoxy) is 2. The van der Waals surface area contributed by atoms with E-state index in [0.29, 0.717) is 11.1 Å². The Hall–Kier alpha value is -4.78. The maximum absolute atomic E-state index is 12.8. The molecule has 4 rings (SSSR count). The van der Waals surface area contributed by atoms with Crippen LogP contribution < -0.4 is 9.47 Å². The second kappa shape index (κ2) is 10.2. The molecule has 3 aromatic rings. The number of carbonyl (C=O) groups excluding carboxylic acids is 2. The Balaban J connectivity index is 1.53. The van der Waals surface area contributed by atoms with Gasteiger partial charge in [0.2, 0.25) is 0 Å². The van der Waals surface area contributed by atoms with Gasteiger partial charge in [-0.1, -0.05) is 18.2 Å². The Labute approximate surface area is 207 Å². The summed E-state index contributed by atoms with van der Waals surface area (Å²) in [6.07, 6.45) is 2.87. The minimum absolute atomic E-state index is 0.0288. The molecule has 2 heterocycles. The van der Waals surface area contributed by atoms with E-state index in [2.05, 4.69) is 4.98 Å². The van der Waals surface area contributed by atoms with Crippen molar-refractivity contribution in [1.29, 1.82) is 0 Å². The topological polar surface area (TPSA) is 155 Å². The number of pyridine rings is 1. The first-order chi connectivity index (χ1) is 17.3. The summed E-state index contributed by atoms with van der Waals surface area (Å²) in [5, 5.41) is 21.5. The van der Waals surface area contributed by atoms with Gasteiger partial charge < -0.3 is 9.47 Å². The molecular weight excluding hydrogens is 492 g/mol. The lowest BCUT2D eigenvalue weighted by Crippen LogP contribution is -2.27. The Morgan fingerprint density at radius 3 is 2.44 bits per heavy atom. The molecule has 2 amide bonds. The number of nitro benzene ring substituents is 1. The Bertz CT molecular complexity index is 1410. The van der Waals surface area contributed by atoms with Crippen LogP contribution in [0.5, 0.6) is 17.4 Å². The maximum Gasteiger partial charge on any atom is 0.331 e. The van der Waals surface area contributed by atoms with E-state index < -0.39 is 21.0 Å². The van der Waals surface area contributed by atoms with Gasteiger partial charge in [-0.2, -0.15) is 0 Å². The lowest BCUT2D eigenvalue weighted by atomic mass is 10.1. The maximum atomic E-state index is 12.8. The van der Waals surface area contributed by atoms with E-state index in [-0.39, 0.29) is 40.2 Å². The standard InChI is InChI=1S/C23H16N4O8S/c1-34-19-11-15(6-9-18(19)35-21-17(27(32)33)3-2-10-24-21)12-20-22(28)25(23(29)36-20)13-14-4-7-16(8-5-14)26(30)31/h2-12H,13H2,1H3/b20-12-. The van der Waals surface area contributed by atoms with E-state index in [9.17, 15) is 29.8 Å². The van der Waals surface area contributed by atoms with Crippen LogP contribution in [0.25, 0.3) is 6.08 Å². The number of imide groups is 1. The Kier molecular flexibility index (Phi) is 6.92. The Morgan fingerprint density at radius 2 is 1.78 bits per heavy atom. The molecule has 0 radical (unpaired) electrons. The van der Waals surface area contributed by atoms with Crippen molar-refractivity contribution in [2.24, 2.45) is 0 Å². The molecule has 13 heteroatoms. The van der Waals surface area contributed by atoms with E-state index in [1.807, 2.05) is 0 Å². The zero-order valence-corrected chi connectivity index (χ0v) is 19.3. The summed E-state index contributed by atoms with van der Waals surface area (Å²) < 4.78 is 10.9. The molecule has 36 heavy (non-hydrogen) atoms. The van der Waals surface area contributed by atoms with Crippen LogP contribution in [0, 0.1) is 20.2 Å². The summed E-state index contributed by atoms with van der Waals surface area (Å²) in [5.41, 5.74) is 0.684. The summed E-state index contributed by atoms with van der Waals surface area (Å²) in [4.78, 5) is 51.3. The molecule has 0 spiro atoms. The number of carbonyl (C=O) groups is 2. The van der Waals surface area contributed by atoms with Crippen LogP contribution in [0.3, 0.4) is 0 Å². The molecular formula is C23H16N4O8S. The molecule has 12 nitrogen and oxygen atoms in total. The minimum atomic E-state index is -0.615. The van der Waals surface area contributed by atoms with Gasteiger partial charge in [-0.25, -0.2) is 4.98 Å². The van der Waals surface area contributed by atoms with Crippen LogP contribution in [0.4, 0.5) is 16.2 Å². The highest BCUT2D eigenvalue weighted by Gasteiger charge is 2.35. The number of nitro groups is 2. The quantitative estimate of drug-likeness (QED) is 0.232. The number of non-ortho nitro benzene ring substituents is 1. The van der Waals surface area contributed by atoms with Crippen LogP contribution in [0.1, 0.15) is 11.1 Å². The van der Waals surface area contributed by atoms with Crippen LogP contribution in [-0.4, -0.2) is 38.0 Å². The number of rotatable bonds is 8. The van der Waals surface area contributed by atoms with Gasteiger partial charge in [0.05, 0.1) is 28.4 Å². The third-order valence-electron chi connectivity index (χ3n) is 5.00. The number of hydrogen-bond acceptors (Lipinski definition) is 10. The molecule has 1 aliphatic heterocycles. The van der Waals surface area contributed by atoms with Crippen molar-refractivity contribution in [1.82, 2.24) is 9.88 Å². The molecule has 0 aliphatic carbocycles. The predicted molar refractivity (Wildman–Crippen MR) is 129 cm³/mol. The van der Waals surface area contributed by atoms with Crippen molar-refractivity contribution in [3.63, 3.8) is 0 Å². The fourth-order valence-electron chi connectivity index (χ4n) is 3.26. The summed E-state index contributed by atoms with van der Waals surface area (Å²) >= 11 is 0.763. The molecule has 1 saturated heterocycles. The SMILES string of the molecule is COc1cc(/C=C2\SC(=O)N(Cc3ccc([N+](=O)[O-])cc3)C2=O)ccc1Oc1ncccc1[N+](=O)[O-]. The van der Waals surface area contributed by atoms with Crippen molar-refractivity contribution < 1.29 is 28.9 Å². The van der Waals surface area contributed by atoms with Crippen LogP contribution >= 0.6 is 11.8 Å². The third-order valence-corrected chi connectivity index (χ3v) is 5.91. The molecule has 0 bridgehead atoms. The number of amides is 2. The zero-order chi connectivity index (χ0) is 25.8. The molecule has 1 aromatic heterocycles. The molecule has 0 N–H and O–H groups in total. The first-order valence-corrected chi connectivity index (χ1v) is 11.0. The van der Waals surface area contributed by atoms with E-state index in [1.165, 1.54) is 61.8 Å². The third kappa shape index (κ3) is 5.15. The second-order valence-corrected chi connectivity index (χ2v) is 8.28. The fourth-order valence-corrected chi connectivity index (χ4v) is 4.09. The molecule has 182 valence electrons. The van der Waals surface area contributed by atoms with E-state index in [0.717, 1.165) is 16.7 Å². The van der Waals surface area contributed by atoms with Crippen molar-refractivity contribution in [3.05, 3.63) is 97.1 Å². The highest BCUT2D eigenvalue weighted by molar-refractivity contribution is 8.18. The summed E-state index contributed by atoms with van der Waals surface area (Å²) in [7, 11) is 1.39. The van der Waals surface area contributed by atoms with Gasteiger partial charge >= 0.3 is 5.69 Å². The summed E-state index contributed by atoms with van der Waals surface area (Å²) in [6.45, 7) is -0.0288. The number of methoxy groups -OCH3 is 1. The van der Waals surface area contributed by atoms with Crippen molar-refractivity contribution in [2.45, 2.75) is 6.54 Å². The average Bonchev–Trinajstić information content (AvgIpc) is 3.12. The van der Waals surface area contributed by atoms with Crippen molar-refractivity contribution >= 4 is 40.4 Å². The molecule has 1 fully saturated rings. The normalized spacial score (nSPS) is 14.2. The number of aromatic nitrogens is 1. The van der Waals surface area contributed by atoms with Gasteiger partial charge in [-0.05, 0) is 47.2 Å². The fraction of sp³-hybridized carbons (Fsp3) is 0.0870. The zero-order valence-electron chi connectivity index (χ0n) is 18.5. The van der Waals surface area contributed by atoms with E-state index >= 15 is 0 Å². The summed E-state index contributed by atoms with van der Waals surface area (Å²) in [6, 6.07) is 12.9. The number of benzene rings is 2. The molecule has 0 atom stereocenters. The first kappa shape index (κ1) is 24.3. The predicted octanol–water partition coefficient (Wildman–Crippen LogP) is 4.94. The number of thioether (sulfide) groups is 1. The highest BCUT2D eigenvalue weighted by Crippen LogP contribution is 2.37. The van der Waals surface area contributed by atoms with Gasteiger partial charge in [0.15, 0.2) is 11.5 Å². The van der Waals surface area contributed by atoms with Crippen LogP contribution in [0.15, 0.2) is 65.7 Å². The van der Waals surface area contributed by atoms with Gasteiger partial charge in [0.25, 0.3) is 22.7 Å².